The van der Waals surface area contributed by atoms with Gasteiger partial charge in [-0.2, -0.15) is 0 Å². The van der Waals surface area contributed by atoms with E-state index in [0.717, 1.165) is 113 Å². The lowest BCUT2D eigenvalue weighted by molar-refractivity contribution is 0.477. The van der Waals surface area contributed by atoms with Crippen molar-refractivity contribution in [3.05, 3.63) is 243 Å². The number of fused-ring (bicyclic) bond motifs is 6. The third kappa shape index (κ3) is 6.45. The van der Waals surface area contributed by atoms with Crippen molar-refractivity contribution in [1.29, 1.82) is 0 Å². The van der Waals surface area contributed by atoms with Gasteiger partial charge in [0.25, 0.3) is 0 Å². The van der Waals surface area contributed by atoms with Crippen LogP contribution in [0.1, 0.15) is 0 Å². The number of benzene rings is 10. The molecule has 0 fully saturated rings. The van der Waals surface area contributed by atoms with Crippen LogP contribution >= 0.6 is 11.8 Å². The Bertz CT molecular complexity index is 3640. The van der Waals surface area contributed by atoms with Crippen molar-refractivity contribution in [3.8, 4) is 56.8 Å². The van der Waals surface area contributed by atoms with Gasteiger partial charge in [0.15, 0.2) is 11.5 Å². The Balaban J connectivity index is 1.09. The van der Waals surface area contributed by atoms with E-state index < -0.39 is 0 Å². The molecule has 0 atom stereocenters. The second-order valence-corrected chi connectivity index (χ2v) is 18.5. The summed E-state index contributed by atoms with van der Waals surface area (Å²) < 4.78 is 11.1. The SMILES string of the molecule is c1ccc(-n2c(-c3cc(N4c5ccccc5Oc5ccccc54)ccc3-c3ccc(N4c5ccccc5Sc5ccccc54)cc3-c3nc4ccccc4n3-c3ccccc3)nc3ccccc32)cc1. The first-order valence-electron chi connectivity index (χ1n) is 23.4. The number of anilines is 6. The summed E-state index contributed by atoms with van der Waals surface area (Å²) in [4.78, 5) is 18.2. The van der Waals surface area contributed by atoms with Gasteiger partial charge in [0.2, 0.25) is 0 Å². The van der Waals surface area contributed by atoms with Crippen LogP contribution in [-0.2, 0) is 0 Å². The maximum atomic E-state index is 6.52. The molecule has 0 saturated carbocycles. The molecule has 0 bridgehead atoms. The van der Waals surface area contributed by atoms with Crippen molar-refractivity contribution < 1.29 is 4.74 Å². The van der Waals surface area contributed by atoms with Crippen molar-refractivity contribution in [2.45, 2.75) is 9.79 Å². The molecule has 0 amide bonds. The molecule has 2 aliphatic heterocycles. The van der Waals surface area contributed by atoms with Crippen LogP contribution in [0.5, 0.6) is 11.5 Å². The van der Waals surface area contributed by atoms with E-state index in [1.807, 2.05) is 36.0 Å². The molecule has 4 heterocycles. The number of hydrogen-bond acceptors (Lipinski definition) is 6. The zero-order valence-electron chi connectivity index (χ0n) is 37.6. The van der Waals surface area contributed by atoms with Crippen LogP contribution in [0.25, 0.3) is 67.3 Å². The average Bonchev–Trinajstić information content (AvgIpc) is 4.02. The maximum absolute atomic E-state index is 6.52. The van der Waals surface area contributed by atoms with Crippen LogP contribution in [0.3, 0.4) is 0 Å². The number of rotatable bonds is 7. The molecule has 14 rings (SSSR count). The first-order chi connectivity index (χ1) is 34.7. The summed E-state index contributed by atoms with van der Waals surface area (Å²) in [6.45, 7) is 0. The minimum atomic E-state index is 0.792. The number of para-hydroxylation sites is 12. The van der Waals surface area contributed by atoms with Gasteiger partial charge in [-0.15, -0.1) is 0 Å². The summed E-state index contributed by atoms with van der Waals surface area (Å²) in [6.07, 6.45) is 0. The standard InChI is InChI=1S/C62H40N6OS/c1-3-19-41(20-4-1)67-51-25-9-7-23-49(51)63-61(67)47-39-43(65-53-27-11-15-31-57(53)69-58-32-16-12-28-54(58)65)35-37-45(47)46-38-36-44(66-55-29-13-17-33-59(55)70-60-34-18-14-30-56(60)66)40-48(46)62-64-50-24-8-10-26-52(50)68(62)42-21-5-2-6-22-42/h1-40H. The Morgan fingerprint density at radius 3 is 1.19 bits per heavy atom. The topological polar surface area (TPSA) is 51.4 Å². The van der Waals surface area contributed by atoms with Gasteiger partial charge < -0.3 is 14.5 Å². The Morgan fingerprint density at radius 1 is 0.314 bits per heavy atom. The first kappa shape index (κ1) is 40.0. The van der Waals surface area contributed by atoms with E-state index in [0.29, 0.717) is 0 Å². The van der Waals surface area contributed by atoms with E-state index in [2.05, 4.69) is 237 Å². The lowest BCUT2D eigenvalue weighted by Crippen LogP contribution is -2.16. The summed E-state index contributed by atoms with van der Waals surface area (Å²) in [6, 6.07) is 85.6. The number of aromatic nitrogens is 4. The lowest BCUT2D eigenvalue weighted by atomic mass is 9.92. The predicted molar refractivity (Wildman–Crippen MR) is 286 cm³/mol. The van der Waals surface area contributed by atoms with Gasteiger partial charge in [-0.1, -0.05) is 133 Å². The van der Waals surface area contributed by atoms with E-state index in [-0.39, 0.29) is 0 Å². The van der Waals surface area contributed by atoms with Gasteiger partial charge in [-0.3, -0.25) is 9.13 Å². The van der Waals surface area contributed by atoms with E-state index in [4.69, 9.17) is 14.7 Å². The molecule has 2 aromatic heterocycles. The van der Waals surface area contributed by atoms with Crippen LogP contribution in [0.4, 0.5) is 34.1 Å². The van der Waals surface area contributed by atoms with Crippen LogP contribution in [0, 0.1) is 0 Å². The lowest BCUT2D eigenvalue weighted by Gasteiger charge is -2.33. The maximum Gasteiger partial charge on any atom is 0.151 e. The molecular weight excluding hydrogens is 877 g/mol. The molecule has 2 aliphatic rings. The zero-order chi connectivity index (χ0) is 46.1. The van der Waals surface area contributed by atoms with Crippen molar-refractivity contribution in [3.63, 3.8) is 0 Å². The Morgan fingerprint density at radius 2 is 0.700 bits per heavy atom. The number of nitrogens with zero attached hydrogens (tertiary/aromatic N) is 6. The van der Waals surface area contributed by atoms with E-state index >= 15 is 0 Å². The zero-order valence-corrected chi connectivity index (χ0v) is 38.4. The number of hydrogen-bond donors (Lipinski definition) is 0. The summed E-state index contributed by atoms with van der Waals surface area (Å²) in [5.41, 5.74) is 16.0. The second-order valence-electron chi connectivity index (χ2n) is 17.4. The monoisotopic (exact) mass is 916 g/mol. The molecule has 0 unspecified atom stereocenters. The van der Waals surface area contributed by atoms with Gasteiger partial charge >= 0.3 is 0 Å². The van der Waals surface area contributed by atoms with Crippen LogP contribution < -0.4 is 14.5 Å². The van der Waals surface area contributed by atoms with Crippen molar-refractivity contribution in [1.82, 2.24) is 19.1 Å². The molecule has 0 aliphatic carbocycles. The van der Waals surface area contributed by atoms with Gasteiger partial charge in [0.05, 0.1) is 44.8 Å². The molecular formula is C62H40N6OS. The fourth-order valence-electron chi connectivity index (χ4n) is 10.2. The Kier molecular flexibility index (Phi) is 9.31. The van der Waals surface area contributed by atoms with Crippen LogP contribution in [-0.4, -0.2) is 19.1 Å². The van der Waals surface area contributed by atoms with Gasteiger partial charge in [-0.05, 0) is 132 Å². The van der Waals surface area contributed by atoms with Crippen LogP contribution in [0.15, 0.2) is 252 Å². The highest BCUT2D eigenvalue weighted by molar-refractivity contribution is 7.99. The first-order valence-corrected chi connectivity index (χ1v) is 24.2. The van der Waals surface area contributed by atoms with E-state index in [9.17, 15) is 0 Å². The Labute approximate surface area is 408 Å². The largest absolute Gasteiger partial charge is 0.453 e. The molecule has 0 spiro atoms. The summed E-state index contributed by atoms with van der Waals surface area (Å²) in [5.74, 6) is 3.24. The smallest absolute Gasteiger partial charge is 0.151 e. The molecule has 0 N–H and O–H groups in total. The third-order valence-electron chi connectivity index (χ3n) is 13.3. The van der Waals surface area contributed by atoms with E-state index in [1.165, 1.54) is 9.79 Å². The molecule has 10 aromatic carbocycles. The van der Waals surface area contributed by atoms with E-state index in [1.54, 1.807) is 0 Å². The minimum absolute atomic E-state index is 0.792. The second kappa shape index (κ2) is 16.3. The number of ether oxygens (including phenoxy) is 1. The summed E-state index contributed by atoms with van der Waals surface area (Å²) in [7, 11) is 0. The molecule has 7 nitrogen and oxygen atoms in total. The predicted octanol–water partition coefficient (Wildman–Crippen LogP) is 16.9. The average molecular weight is 917 g/mol. The molecule has 12 aromatic rings. The van der Waals surface area contributed by atoms with Gasteiger partial charge in [-0.25, -0.2) is 9.97 Å². The van der Waals surface area contributed by atoms with Crippen molar-refractivity contribution in [2.75, 3.05) is 9.80 Å². The van der Waals surface area contributed by atoms with Crippen molar-refractivity contribution >= 4 is 68.0 Å². The van der Waals surface area contributed by atoms with Crippen LogP contribution in [0.2, 0.25) is 0 Å². The fourth-order valence-corrected chi connectivity index (χ4v) is 11.3. The highest BCUT2D eigenvalue weighted by atomic mass is 32.2. The molecule has 0 saturated heterocycles. The fraction of sp³-hybridized carbons (Fsp3) is 0. The molecule has 70 heavy (non-hydrogen) atoms. The summed E-state index contributed by atoms with van der Waals surface area (Å²) in [5, 5.41) is 0. The molecule has 0 radical (unpaired) electrons. The minimum Gasteiger partial charge on any atom is -0.453 e. The number of imidazole rings is 2. The third-order valence-corrected chi connectivity index (χ3v) is 14.4. The highest BCUT2D eigenvalue weighted by Crippen LogP contribution is 2.54. The highest BCUT2D eigenvalue weighted by Gasteiger charge is 2.30. The summed E-state index contributed by atoms with van der Waals surface area (Å²) >= 11 is 1.81. The van der Waals surface area contributed by atoms with Gasteiger partial charge in [0, 0.05) is 43.7 Å². The molecule has 8 heteroatoms. The Hall–Kier alpha value is -9.11. The normalized spacial score (nSPS) is 12.6. The van der Waals surface area contributed by atoms with Crippen molar-refractivity contribution in [2.24, 2.45) is 0 Å². The molecule has 330 valence electrons. The van der Waals surface area contributed by atoms with Gasteiger partial charge in [0.1, 0.15) is 11.6 Å². The quantitative estimate of drug-likeness (QED) is 0.159.